The summed E-state index contributed by atoms with van der Waals surface area (Å²) in [6, 6.07) is 4.72. The third-order valence-electron chi connectivity index (χ3n) is 5.32. The van der Waals surface area contributed by atoms with Gasteiger partial charge in [0.2, 0.25) is 0 Å². The number of benzene rings is 2. The van der Waals surface area contributed by atoms with E-state index in [4.69, 9.17) is 32.7 Å². The largest absolute Gasteiger partial charge is 0.505 e. The molecule has 2 aliphatic heterocycles. The standard InChI is InChI=1S/C20H8Br4Cl2O5/c21-8-3-7-17(15(23)16(8)27)30-11-5-19(24,29)12(22)4-6(11)20(7)14-10(26)2-1-9(25)13(14)18(28)31-20/h1-5,12,27,29H. The number of hydrogen-bond donors (Lipinski definition) is 2. The summed E-state index contributed by atoms with van der Waals surface area (Å²) >= 11 is 26.4. The van der Waals surface area contributed by atoms with E-state index in [1.54, 1.807) is 18.2 Å². The van der Waals surface area contributed by atoms with Crippen LogP contribution in [0.15, 0.2) is 50.6 Å². The van der Waals surface area contributed by atoms with Gasteiger partial charge in [-0.25, -0.2) is 4.79 Å². The van der Waals surface area contributed by atoms with Gasteiger partial charge in [0.1, 0.15) is 16.0 Å². The summed E-state index contributed by atoms with van der Waals surface area (Å²) < 4.78 is 11.2. The van der Waals surface area contributed by atoms with Crippen LogP contribution < -0.4 is 4.74 Å². The lowest BCUT2D eigenvalue weighted by Gasteiger charge is -2.42. The Balaban J connectivity index is 1.97. The Morgan fingerprint density at radius 1 is 1.16 bits per heavy atom. The van der Waals surface area contributed by atoms with Gasteiger partial charge < -0.3 is 19.7 Å². The van der Waals surface area contributed by atoms with Gasteiger partial charge in [-0.3, -0.25) is 0 Å². The predicted octanol–water partition coefficient (Wildman–Crippen LogP) is 6.70. The Morgan fingerprint density at radius 3 is 2.55 bits per heavy atom. The lowest BCUT2D eigenvalue weighted by atomic mass is 9.75. The summed E-state index contributed by atoms with van der Waals surface area (Å²) in [6.45, 7) is 0. The number of hydrogen-bond acceptors (Lipinski definition) is 5. The van der Waals surface area contributed by atoms with E-state index in [9.17, 15) is 15.0 Å². The number of phenols is 1. The summed E-state index contributed by atoms with van der Waals surface area (Å²) in [5, 5.41) is 21.6. The van der Waals surface area contributed by atoms with Gasteiger partial charge in [-0.1, -0.05) is 45.2 Å². The zero-order valence-corrected chi connectivity index (χ0v) is 22.7. The second kappa shape index (κ2) is 7.22. The number of esters is 1. The van der Waals surface area contributed by atoms with Crippen LogP contribution in [0, 0.1) is 0 Å². The molecular weight excluding hydrogens is 711 g/mol. The highest BCUT2D eigenvalue weighted by Gasteiger charge is 2.59. The van der Waals surface area contributed by atoms with Crippen LogP contribution in [0.25, 0.3) is 0 Å². The number of carbonyl (C=O) groups is 1. The molecule has 5 nitrogen and oxygen atoms in total. The van der Waals surface area contributed by atoms with Crippen LogP contribution in [0.4, 0.5) is 0 Å². The maximum atomic E-state index is 13.0. The fourth-order valence-electron chi connectivity index (χ4n) is 3.99. The molecule has 3 atom stereocenters. The number of carbonyl (C=O) groups excluding carboxylic acids is 1. The molecule has 1 spiro atoms. The Bertz CT molecular complexity index is 1270. The number of fused-ring (bicyclic) bond motifs is 6. The maximum Gasteiger partial charge on any atom is 0.341 e. The quantitative estimate of drug-likeness (QED) is 0.234. The molecule has 0 bridgehead atoms. The second-order valence-electron chi connectivity index (χ2n) is 7.07. The highest BCUT2D eigenvalue weighted by atomic mass is 79.9. The molecule has 2 N–H and O–H groups in total. The van der Waals surface area contributed by atoms with Crippen LogP contribution in [0.5, 0.6) is 11.5 Å². The topological polar surface area (TPSA) is 76.0 Å². The van der Waals surface area contributed by atoms with Crippen molar-refractivity contribution < 1.29 is 24.5 Å². The molecule has 1 aliphatic carbocycles. The van der Waals surface area contributed by atoms with Crippen LogP contribution in [0.3, 0.4) is 0 Å². The van der Waals surface area contributed by atoms with Gasteiger partial charge >= 0.3 is 5.97 Å². The minimum atomic E-state index is -1.53. The first-order chi connectivity index (χ1) is 14.5. The van der Waals surface area contributed by atoms with E-state index in [1.165, 1.54) is 12.1 Å². The van der Waals surface area contributed by atoms with E-state index < -0.39 is 20.9 Å². The fraction of sp³-hybridized carbons (Fsp3) is 0.150. The van der Waals surface area contributed by atoms with Gasteiger partial charge in [-0.15, -0.1) is 0 Å². The second-order valence-corrected chi connectivity index (χ2v) is 11.8. The molecule has 3 aliphatic rings. The Morgan fingerprint density at radius 2 is 1.84 bits per heavy atom. The van der Waals surface area contributed by atoms with Crippen LogP contribution in [-0.2, 0) is 10.3 Å². The summed E-state index contributed by atoms with van der Waals surface area (Å²) in [6.07, 6.45) is 3.13. The Kier molecular flexibility index (Phi) is 5.18. The lowest BCUT2D eigenvalue weighted by molar-refractivity contribution is 0.0194. The molecule has 0 saturated heterocycles. The van der Waals surface area contributed by atoms with E-state index in [1.807, 2.05) is 0 Å². The average molecular weight is 719 g/mol. The normalized spacial score (nSPS) is 28.2. The molecule has 160 valence electrons. The first-order valence-electron chi connectivity index (χ1n) is 8.61. The van der Waals surface area contributed by atoms with Crippen molar-refractivity contribution in [2.24, 2.45) is 0 Å². The number of alkyl halides is 2. The lowest BCUT2D eigenvalue weighted by Crippen LogP contribution is -2.42. The monoisotopic (exact) mass is 714 g/mol. The fourth-order valence-corrected chi connectivity index (χ4v) is 6.45. The van der Waals surface area contributed by atoms with Gasteiger partial charge in [-0.2, -0.15) is 0 Å². The molecule has 3 unspecified atom stereocenters. The van der Waals surface area contributed by atoms with Gasteiger partial charge in [0.05, 0.1) is 25.4 Å². The molecular formula is C20H8Br4Cl2O5. The van der Waals surface area contributed by atoms with Crippen LogP contribution in [-0.4, -0.2) is 25.5 Å². The van der Waals surface area contributed by atoms with E-state index in [2.05, 4.69) is 63.7 Å². The Labute approximate surface area is 219 Å². The third kappa shape index (κ3) is 2.97. The Hall–Kier alpha value is -0.550. The van der Waals surface area contributed by atoms with Crippen LogP contribution in [0.2, 0.25) is 10.0 Å². The molecule has 11 heteroatoms. The maximum absolute atomic E-state index is 13.0. The number of rotatable bonds is 0. The molecule has 31 heavy (non-hydrogen) atoms. The van der Waals surface area contributed by atoms with Gasteiger partial charge in [0.25, 0.3) is 0 Å². The molecule has 0 amide bonds. The number of halogens is 6. The molecule has 2 heterocycles. The zero-order valence-electron chi connectivity index (χ0n) is 14.9. The number of phenolic OH excluding ortho intramolecular Hbond substituents is 1. The average Bonchev–Trinajstić information content (AvgIpc) is 3.01. The minimum Gasteiger partial charge on any atom is -0.505 e. The summed E-state index contributed by atoms with van der Waals surface area (Å²) in [5.74, 6) is -0.326. The third-order valence-corrected chi connectivity index (χ3v) is 9.59. The first kappa shape index (κ1) is 22.3. The number of ether oxygens (including phenoxy) is 2. The van der Waals surface area contributed by atoms with Crippen molar-refractivity contribution in [2.75, 3.05) is 0 Å². The van der Waals surface area contributed by atoms with Crippen molar-refractivity contribution in [1.82, 2.24) is 0 Å². The van der Waals surface area contributed by atoms with Crippen molar-refractivity contribution in [1.29, 1.82) is 0 Å². The number of aromatic hydroxyl groups is 1. The van der Waals surface area contributed by atoms with E-state index in [0.29, 0.717) is 21.2 Å². The smallest absolute Gasteiger partial charge is 0.341 e. The van der Waals surface area contributed by atoms with E-state index in [-0.39, 0.29) is 37.3 Å². The minimum absolute atomic E-state index is 0.105. The van der Waals surface area contributed by atoms with Crippen molar-refractivity contribution in [3.05, 3.63) is 77.4 Å². The van der Waals surface area contributed by atoms with E-state index in [0.717, 1.165) is 0 Å². The molecule has 0 radical (unpaired) electrons. The van der Waals surface area contributed by atoms with Crippen molar-refractivity contribution in [3.63, 3.8) is 0 Å². The summed E-state index contributed by atoms with van der Waals surface area (Å²) in [4.78, 5) is 12.5. The van der Waals surface area contributed by atoms with Gasteiger partial charge in [0, 0.05) is 22.2 Å². The molecule has 2 aromatic rings. The highest BCUT2D eigenvalue weighted by molar-refractivity contribution is 9.12. The van der Waals surface area contributed by atoms with Crippen molar-refractivity contribution >= 4 is 92.9 Å². The molecule has 0 fully saturated rings. The molecule has 5 rings (SSSR count). The first-order valence-corrected chi connectivity index (χ1v) is 12.7. The van der Waals surface area contributed by atoms with Crippen molar-refractivity contribution in [3.8, 4) is 11.5 Å². The predicted molar refractivity (Wildman–Crippen MR) is 130 cm³/mol. The highest BCUT2D eigenvalue weighted by Crippen LogP contribution is 2.62. The summed E-state index contributed by atoms with van der Waals surface area (Å²) in [5.41, 5.74) is -0.150. The van der Waals surface area contributed by atoms with Crippen LogP contribution >= 0.6 is 86.9 Å². The molecule has 2 aromatic carbocycles. The van der Waals surface area contributed by atoms with Crippen LogP contribution in [0.1, 0.15) is 21.5 Å². The zero-order chi connectivity index (χ0) is 22.5. The molecule has 0 saturated carbocycles. The molecule has 0 aromatic heterocycles. The number of aliphatic hydroxyl groups is 1. The SMILES string of the molecule is O=C1OC2(C3=CC(Br)C(O)(Br)C=C3Oc3c2cc(Br)c(O)c3Br)c2c(Cl)ccc(Cl)c21. The van der Waals surface area contributed by atoms with Gasteiger partial charge in [-0.05, 0) is 66.0 Å². The van der Waals surface area contributed by atoms with E-state index >= 15 is 0 Å². The summed E-state index contributed by atoms with van der Waals surface area (Å²) in [7, 11) is 0. The van der Waals surface area contributed by atoms with Gasteiger partial charge in [0.15, 0.2) is 15.9 Å². The van der Waals surface area contributed by atoms with Crippen molar-refractivity contribution in [2.45, 2.75) is 14.9 Å².